The fourth-order valence-electron chi connectivity index (χ4n) is 1.29. The van der Waals surface area contributed by atoms with Gasteiger partial charge in [-0.1, -0.05) is 25.4 Å². The molecule has 1 aromatic carbocycles. The van der Waals surface area contributed by atoms with Gasteiger partial charge in [0.2, 0.25) is 0 Å². The van der Waals surface area contributed by atoms with Crippen molar-refractivity contribution in [1.29, 1.82) is 0 Å². The van der Waals surface area contributed by atoms with Gasteiger partial charge in [-0.3, -0.25) is 0 Å². The van der Waals surface area contributed by atoms with Gasteiger partial charge in [-0.2, -0.15) is 0 Å². The zero-order chi connectivity index (χ0) is 13.7. The Labute approximate surface area is 110 Å². The van der Waals surface area contributed by atoms with Gasteiger partial charge in [0.05, 0.1) is 5.02 Å². The molecule has 0 aliphatic carbocycles. The average Bonchev–Trinajstić information content (AvgIpc) is 2.25. The number of halogens is 2. The second kappa shape index (κ2) is 6.40. The molecular formula is C13H14ClFO3. The smallest absolute Gasteiger partial charge is 0.328 e. The predicted molar refractivity (Wildman–Crippen MR) is 67.5 cm³/mol. The number of benzene rings is 1. The van der Waals surface area contributed by atoms with Gasteiger partial charge in [0.1, 0.15) is 18.2 Å². The summed E-state index contributed by atoms with van der Waals surface area (Å²) in [5.74, 6) is -1.10. The van der Waals surface area contributed by atoms with Crippen LogP contribution in [0, 0.1) is 11.7 Å². The maximum Gasteiger partial charge on any atom is 0.328 e. The van der Waals surface area contributed by atoms with Crippen molar-refractivity contribution in [2.75, 3.05) is 6.61 Å². The maximum absolute atomic E-state index is 12.8. The molecular weight excluding hydrogens is 259 g/mol. The topological polar surface area (TPSA) is 46.5 Å². The molecule has 0 aromatic heterocycles. The molecule has 0 amide bonds. The van der Waals surface area contributed by atoms with Gasteiger partial charge >= 0.3 is 5.97 Å². The molecule has 1 aromatic rings. The standard InChI is InChI=1S/C13H14ClFO3/c1-8(2)9(5-13(16)17)7-18-12-4-3-10(15)6-11(12)14/h3-6,8H,7H2,1-2H3,(H,16,17)/b9-5-. The first-order valence-electron chi connectivity index (χ1n) is 5.41. The fourth-order valence-corrected chi connectivity index (χ4v) is 1.51. The highest BCUT2D eigenvalue weighted by Crippen LogP contribution is 2.25. The van der Waals surface area contributed by atoms with Crippen LogP contribution in [0.3, 0.4) is 0 Å². The molecule has 0 spiro atoms. The lowest BCUT2D eigenvalue weighted by Gasteiger charge is -2.13. The van der Waals surface area contributed by atoms with E-state index in [1.54, 1.807) is 0 Å². The highest BCUT2D eigenvalue weighted by atomic mass is 35.5. The molecule has 0 unspecified atom stereocenters. The molecule has 0 aliphatic rings. The molecule has 0 aliphatic heterocycles. The summed E-state index contributed by atoms with van der Waals surface area (Å²) in [5.41, 5.74) is 0.628. The molecule has 0 heterocycles. The number of ether oxygens (including phenoxy) is 1. The molecule has 18 heavy (non-hydrogen) atoms. The van der Waals surface area contributed by atoms with Crippen LogP contribution in [0.1, 0.15) is 13.8 Å². The Morgan fingerprint density at radius 3 is 2.72 bits per heavy atom. The van der Waals surface area contributed by atoms with Crippen molar-refractivity contribution < 1.29 is 19.0 Å². The zero-order valence-corrected chi connectivity index (χ0v) is 10.9. The molecule has 3 nitrogen and oxygen atoms in total. The lowest BCUT2D eigenvalue weighted by Crippen LogP contribution is -2.09. The summed E-state index contributed by atoms with van der Waals surface area (Å²) in [6, 6.07) is 3.79. The first-order chi connectivity index (χ1) is 8.40. The first kappa shape index (κ1) is 14.5. The van der Waals surface area contributed by atoms with Crippen molar-refractivity contribution >= 4 is 17.6 Å². The molecule has 0 saturated heterocycles. The summed E-state index contributed by atoms with van der Waals surface area (Å²) >= 11 is 5.80. The molecule has 0 saturated carbocycles. The minimum absolute atomic E-state index is 0.0420. The van der Waals surface area contributed by atoms with Crippen LogP contribution in [-0.4, -0.2) is 17.7 Å². The number of carboxylic acid groups (broad SMARTS) is 1. The van der Waals surface area contributed by atoms with Crippen molar-refractivity contribution in [1.82, 2.24) is 0 Å². The van der Waals surface area contributed by atoms with E-state index in [0.717, 1.165) is 12.1 Å². The van der Waals surface area contributed by atoms with E-state index in [0.29, 0.717) is 11.3 Å². The van der Waals surface area contributed by atoms with E-state index in [2.05, 4.69) is 0 Å². The van der Waals surface area contributed by atoms with Crippen molar-refractivity contribution in [2.24, 2.45) is 5.92 Å². The summed E-state index contributed by atoms with van der Waals surface area (Å²) in [6.07, 6.45) is 1.11. The largest absolute Gasteiger partial charge is 0.488 e. The molecule has 0 bridgehead atoms. The van der Waals surface area contributed by atoms with E-state index >= 15 is 0 Å². The van der Waals surface area contributed by atoms with Crippen LogP contribution in [0.4, 0.5) is 4.39 Å². The van der Waals surface area contributed by atoms with E-state index in [4.69, 9.17) is 21.4 Å². The van der Waals surface area contributed by atoms with Gasteiger partial charge in [-0.25, -0.2) is 9.18 Å². The summed E-state index contributed by atoms with van der Waals surface area (Å²) in [7, 11) is 0. The number of aliphatic carboxylic acids is 1. The van der Waals surface area contributed by atoms with Gasteiger partial charge in [-0.05, 0) is 29.7 Å². The van der Waals surface area contributed by atoms with Crippen LogP contribution in [0.5, 0.6) is 5.75 Å². The van der Waals surface area contributed by atoms with Crippen LogP contribution in [-0.2, 0) is 4.79 Å². The zero-order valence-electron chi connectivity index (χ0n) is 10.1. The molecule has 1 N–H and O–H groups in total. The minimum Gasteiger partial charge on any atom is -0.488 e. The van der Waals surface area contributed by atoms with E-state index in [9.17, 15) is 9.18 Å². The first-order valence-corrected chi connectivity index (χ1v) is 5.79. The monoisotopic (exact) mass is 272 g/mol. The number of hydrogen-bond donors (Lipinski definition) is 1. The molecule has 0 radical (unpaired) electrons. The Bertz CT molecular complexity index is 469. The summed E-state index contributed by atoms with van der Waals surface area (Å²) in [6.45, 7) is 3.84. The van der Waals surface area contributed by atoms with Gasteiger partial charge < -0.3 is 9.84 Å². The van der Waals surface area contributed by atoms with E-state index in [-0.39, 0.29) is 17.5 Å². The normalized spacial score (nSPS) is 11.7. The molecule has 0 atom stereocenters. The number of hydrogen-bond acceptors (Lipinski definition) is 2. The predicted octanol–water partition coefficient (Wildman–Crippen LogP) is 3.52. The minimum atomic E-state index is -1.02. The quantitative estimate of drug-likeness (QED) is 0.834. The van der Waals surface area contributed by atoms with E-state index in [1.807, 2.05) is 13.8 Å². The lowest BCUT2D eigenvalue weighted by atomic mass is 10.0. The van der Waals surface area contributed by atoms with Crippen molar-refractivity contribution in [3.05, 3.63) is 40.7 Å². The van der Waals surface area contributed by atoms with Gasteiger partial charge in [0, 0.05) is 6.08 Å². The number of rotatable bonds is 5. The number of carbonyl (C=O) groups is 1. The second-order valence-corrected chi connectivity index (χ2v) is 4.48. The summed E-state index contributed by atoms with van der Waals surface area (Å²) in [5, 5.41) is 8.87. The maximum atomic E-state index is 12.8. The Kier molecular flexibility index (Phi) is 5.16. The van der Waals surface area contributed by atoms with Gasteiger partial charge in [-0.15, -0.1) is 0 Å². The highest BCUT2D eigenvalue weighted by molar-refractivity contribution is 6.32. The van der Waals surface area contributed by atoms with Gasteiger partial charge in [0.25, 0.3) is 0 Å². The van der Waals surface area contributed by atoms with Crippen molar-refractivity contribution in [3.8, 4) is 5.75 Å². The summed E-state index contributed by atoms with van der Waals surface area (Å²) in [4.78, 5) is 10.6. The Hall–Kier alpha value is -1.55. The van der Waals surface area contributed by atoms with Crippen molar-refractivity contribution in [3.63, 3.8) is 0 Å². The van der Waals surface area contributed by atoms with Crippen LogP contribution < -0.4 is 4.74 Å². The SMILES string of the molecule is CC(C)/C(=C\C(=O)O)COc1ccc(F)cc1Cl. The summed E-state index contributed by atoms with van der Waals surface area (Å²) < 4.78 is 18.2. The third kappa shape index (κ3) is 4.37. The van der Waals surface area contributed by atoms with Crippen LogP contribution in [0.15, 0.2) is 29.8 Å². The second-order valence-electron chi connectivity index (χ2n) is 4.08. The average molecular weight is 273 g/mol. The Morgan fingerprint density at radius 2 is 2.22 bits per heavy atom. The van der Waals surface area contributed by atoms with Crippen LogP contribution in [0.2, 0.25) is 5.02 Å². The van der Waals surface area contributed by atoms with E-state index in [1.165, 1.54) is 12.1 Å². The van der Waals surface area contributed by atoms with E-state index < -0.39 is 11.8 Å². The van der Waals surface area contributed by atoms with Gasteiger partial charge in [0.15, 0.2) is 0 Å². The third-order valence-corrected chi connectivity index (χ3v) is 2.63. The van der Waals surface area contributed by atoms with Crippen LogP contribution in [0.25, 0.3) is 0 Å². The molecule has 98 valence electrons. The fraction of sp³-hybridized carbons (Fsp3) is 0.308. The molecule has 5 heteroatoms. The Balaban J connectivity index is 2.76. The van der Waals surface area contributed by atoms with Crippen molar-refractivity contribution in [2.45, 2.75) is 13.8 Å². The third-order valence-electron chi connectivity index (χ3n) is 2.34. The lowest BCUT2D eigenvalue weighted by molar-refractivity contribution is -0.131. The Morgan fingerprint density at radius 1 is 1.56 bits per heavy atom. The molecule has 0 fully saturated rings. The highest BCUT2D eigenvalue weighted by Gasteiger charge is 2.09. The van der Waals surface area contributed by atoms with Crippen LogP contribution >= 0.6 is 11.6 Å². The number of carboxylic acids is 1. The molecule has 1 rings (SSSR count).